The van der Waals surface area contributed by atoms with Crippen molar-refractivity contribution in [1.82, 2.24) is 19.5 Å². The number of hydrogen-bond donors (Lipinski definition) is 2. The molecule has 0 unspecified atom stereocenters. The predicted molar refractivity (Wildman–Crippen MR) is 111 cm³/mol. The van der Waals surface area contributed by atoms with Crippen molar-refractivity contribution in [3.8, 4) is 11.1 Å². The van der Waals surface area contributed by atoms with Crippen LogP contribution in [0.25, 0.3) is 33.2 Å². The third kappa shape index (κ3) is 3.06. The van der Waals surface area contributed by atoms with E-state index in [1.807, 2.05) is 18.5 Å². The number of carbonyl (C=O) groups is 1. The number of imidazole rings is 2. The largest absolute Gasteiger partial charge is 0.343 e. The number of rotatable bonds is 3. The maximum absolute atomic E-state index is 14.8. The van der Waals surface area contributed by atoms with Gasteiger partial charge in [0.2, 0.25) is 5.91 Å². The molecule has 2 aromatic carbocycles. The Balaban J connectivity index is 1.60. The molecule has 4 aromatic rings. The number of H-pyrrole nitrogens is 1. The highest BCUT2D eigenvalue weighted by Crippen LogP contribution is 2.36. The molecule has 1 amide bonds. The zero-order valence-electron chi connectivity index (χ0n) is 16.2. The summed E-state index contributed by atoms with van der Waals surface area (Å²) in [5.74, 6) is -0.831. The average Bonchev–Trinajstić information content (AvgIpc) is 3.37. The second kappa shape index (κ2) is 6.99. The molecule has 6 nitrogen and oxygen atoms in total. The number of nitrogens with one attached hydrogen (secondary N) is 2. The van der Waals surface area contributed by atoms with Crippen molar-refractivity contribution in [1.29, 1.82) is 0 Å². The minimum absolute atomic E-state index is 0.122. The number of carbonyl (C=O) groups excluding carboxylic acids is 1. The first-order valence-electron chi connectivity index (χ1n) is 10.0. The van der Waals surface area contributed by atoms with Crippen molar-refractivity contribution in [3.05, 3.63) is 42.7 Å². The maximum Gasteiger partial charge on any atom is 0.221 e. The van der Waals surface area contributed by atoms with Gasteiger partial charge in [-0.25, -0.2) is 14.4 Å². The molecule has 0 aliphatic heterocycles. The lowest BCUT2D eigenvalue weighted by molar-refractivity contribution is -0.114. The van der Waals surface area contributed by atoms with E-state index in [9.17, 15) is 9.18 Å². The quantitative estimate of drug-likeness (QED) is 0.505. The Bertz CT molecular complexity index is 1220. The summed E-state index contributed by atoms with van der Waals surface area (Å²) < 4.78 is 17.1. The minimum atomic E-state index is -0.500. The van der Waals surface area contributed by atoms with Gasteiger partial charge in [-0.3, -0.25) is 4.79 Å². The van der Waals surface area contributed by atoms with E-state index in [-0.39, 0.29) is 11.6 Å². The van der Waals surface area contributed by atoms with Crippen LogP contribution in [0.1, 0.15) is 45.1 Å². The standard InChI is InChI=1S/C22H22FN5O/c1-13(29)27-21-17(23)10-16(20-22(21)25-11-24-20)14-7-8-19-18(9-14)26-12-28(19)15-5-3-2-4-6-15/h7-12,15H,2-6H2,1H3,(H,24,25)(H,27,29). The van der Waals surface area contributed by atoms with Crippen LogP contribution >= 0.6 is 0 Å². The number of halogens is 1. The van der Waals surface area contributed by atoms with E-state index < -0.39 is 5.82 Å². The summed E-state index contributed by atoms with van der Waals surface area (Å²) in [6, 6.07) is 7.96. The monoisotopic (exact) mass is 391 g/mol. The van der Waals surface area contributed by atoms with E-state index >= 15 is 0 Å². The molecule has 0 atom stereocenters. The fourth-order valence-corrected chi connectivity index (χ4v) is 4.44. The Labute approximate surface area is 167 Å². The van der Waals surface area contributed by atoms with Gasteiger partial charge in [0, 0.05) is 18.5 Å². The topological polar surface area (TPSA) is 75.6 Å². The Morgan fingerprint density at radius 1 is 1.21 bits per heavy atom. The van der Waals surface area contributed by atoms with Crippen LogP contribution in [0.15, 0.2) is 36.9 Å². The van der Waals surface area contributed by atoms with Crippen molar-refractivity contribution in [3.63, 3.8) is 0 Å². The van der Waals surface area contributed by atoms with Crippen LogP contribution in [0, 0.1) is 5.82 Å². The van der Waals surface area contributed by atoms with Crippen LogP contribution in [0.4, 0.5) is 10.1 Å². The van der Waals surface area contributed by atoms with Gasteiger partial charge in [-0.05, 0) is 36.6 Å². The van der Waals surface area contributed by atoms with Crippen molar-refractivity contribution in [2.24, 2.45) is 0 Å². The molecule has 2 aromatic heterocycles. The van der Waals surface area contributed by atoms with Gasteiger partial charge in [0.15, 0.2) is 0 Å². The van der Waals surface area contributed by atoms with Gasteiger partial charge in [0.1, 0.15) is 11.5 Å². The van der Waals surface area contributed by atoms with E-state index in [0.717, 1.165) is 16.6 Å². The summed E-state index contributed by atoms with van der Waals surface area (Å²) in [4.78, 5) is 23.4. The second-order valence-electron chi connectivity index (χ2n) is 7.74. The van der Waals surface area contributed by atoms with Crippen molar-refractivity contribution in [2.45, 2.75) is 45.1 Å². The number of aromatic nitrogens is 4. The van der Waals surface area contributed by atoms with Gasteiger partial charge in [-0.1, -0.05) is 25.3 Å². The van der Waals surface area contributed by atoms with E-state index in [2.05, 4.69) is 30.9 Å². The Morgan fingerprint density at radius 2 is 2.03 bits per heavy atom. The lowest BCUT2D eigenvalue weighted by Gasteiger charge is -2.23. The Kier molecular flexibility index (Phi) is 4.30. The molecule has 29 heavy (non-hydrogen) atoms. The van der Waals surface area contributed by atoms with E-state index in [4.69, 9.17) is 0 Å². The predicted octanol–water partition coefficient (Wildman–Crippen LogP) is 5.18. The number of benzene rings is 2. The molecule has 2 heterocycles. The number of nitrogens with zero attached hydrogens (tertiary/aromatic N) is 3. The first-order chi connectivity index (χ1) is 14.1. The molecule has 1 fully saturated rings. The smallest absolute Gasteiger partial charge is 0.221 e. The summed E-state index contributed by atoms with van der Waals surface area (Å²) in [7, 11) is 0. The SMILES string of the molecule is CC(=O)Nc1c(F)cc(-c2ccc3c(c2)ncn3C2CCCCC2)c2nc[nH]c12. The third-order valence-electron chi connectivity index (χ3n) is 5.81. The van der Waals surface area contributed by atoms with Gasteiger partial charge in [0.05, 0.1) is 34.7 Å². The van der Waals surface area contributed by atoms with Gasteiger partial charge in [0.25, 0.3) is 0 Å². The molecule has 7 heteroatoms. The van der Waals surface area contributed by atoms with Crippen LogP contribution in [0.2, 0.25) is 0 Å². The number of anilines is 1. The molecular weight excluding hydrogens is 369 g/mol. The minimum Gasteiger partial charge on any atom is -0.343 e. The van der Waals surface area contributed by atoms with E-state index in [0.29, 0.717) is 22.6 Å². The van der Waals surface area contributed by atoms with Crippen molar-refractivity contribution >= 4 is 33.7 Å². The number of amides is 1. The molecule has 1 aliphatic carbocycles. The Hall–Kier alpha value is -3.22. The van der Waals surface area contributed by atoms with Crippen LogP contribution in [0.5, 0.6) is 0 Å². The summed E-state index contributed by atoms with van der Waals surface area (Å²) in [5.41, 5.74) is 4.72. The summed E-state index contributed by atoms with van der Waals surface area (Å²) in [6.07, 6.45) is 9.66. The molecule has 0 radical (unpaired) electrons. The van der Waals surface area contributed by atoms with Crippen LogP contribution < -0.4 is 5.32 Å². The second-order valence-corrected chi connectivity index (χ2v) is 7.74. The lowest BCUT2D eigenvalue weighted by Crippen LogP contribution is -2.11. The van der Waals surface area contributed by atoms with Crippen molar-refractivity contribution < 1.29 is 9.18 Å². The molecule has 0 spiro atoms. The average molecular weight is 391 g/mol. The van der Waals surface area contributed by atoms with Gasteiger partial charge in [-0.2, -0.15) is 0 Å². The summed E-state index contributed by atoms with van der Waals surface area (Å²) >= 11 is 0. The Morgan fingerprint density at radius 3 is 2.83 bits per heavy atom. The van der Waals surface area contributed by atoms with Gasteiger partial charge >= 0.3 is 0 Å². The summed E-state index contributed by atoms with van der Waals surface area (Å²) in [5, 5.41) is 2.55. The van der Waals surface area contributed by atoms with E-state index in [1.54, 1.807) is 0 Å². The van der Waals surface area contributed by atoms with Gasteiger partial charge < -0.3 is 14.9 Å². The first kappa shape index (κ1) is 17.8. The molecule has 0 bridgehead atoms. The highest BCUT2D eigenvalue weighted by molar-refractivity contribution is 6.04. The van der Waals surface area contributed by atoms with Crippen molar-refractivity contribution in [2.75, 3.05) is 5.32 Å². The lowest BCUT2D eigenvalue weighted by atomic mass is 9.95. The van der Waals surface area contributed by atoms with Crippen LogP contribution in [-0.4, -0.2) is 25.4 Å². The molecule has 1 aliphatic rings. The molecule has 0 saturated heterocycles. The first-order valence-corrected chi connectivity index (χ1v) is 10.0. The maximum atomic E-state index is 14.8. The molecule has 2 N–H and O–H groups in total. The fourth-order valence-electron chi connectivity index (χ4n) is 4.44. The zero-order valence-corrected chi connectivity index (χ0v) is 16.2. The van der Waals surface area contributed by atoms with Gasteiger partial charge in [-0.15, -0.1) is 0 Å². The normalized spacial score (nSPS) is 15.2. The molecule has 148 valence electrons. The fraction of sp³-hybridized carbons (Fsp3) is 0.318. The highest BCUT2D eigenvalue weighted by atomic mass is 19.1. The van der Waals surface area contributed by atoms with E-state index in [1.165, 1.54) is 51.4 Å². The number of hydrogen-bond acceptors (Lipinski definition) is 3. The van der Waals surface area contributed by atoms with Crippen LogP contribution in [0.3, 0.4) is 0 Å². The molecular formula is C22H22FN5O. The molecule has 5 rings (SSSR count). The van der Waals surface area contributed by atoms with Crippen LogP contribution in [-0.2, 0) is 4.79 Å². The third-order valence-corrected chi connectivity index (χ3v) is 5.81. The zero-order chi connectivity index (χ0) is 20.0. The number of aromatic amines is 1. The summed E-state index contributed by atoms with van der Waals surface area (Å²) in [6.45, 7) is 1.35. The molecule has 1 saturated carbocycles. The number of fused-ring (bicyclic) bond motifs is 2. The highest BCUT2D eigenvalue weighted by Gasteiger charge is 2.19.